The lowest BCUT2D eigenvalue weighted by Crippen LogP contribution is -2.63. The van der Waals surface area contributed by atoms with Crippen molar-refractivity contribution in [3.8, 4) is 0 Å². The Morgan fingerprint density at radius 3 is 2.90 bits per heavy atom. The first-order valence-electron chi connectivity index (χ1n) is 6.95. The zero-order chi connectivity index (χ0) is 15.6. The Bertz CT molecular complexity index is 540. The molecule has 0 saturated carbocycles. The van der Waals surface area contributed by atoms with Crippen molar-refractivity contribution in [1.82, 2.24) is 25.0 Å². The van der Waals surface area contributed by atoms with Gasteiger partial charge in [-0.3, -0.25) is 9.59 Å². The van der Waals surface area contributed by atoms with Gasteiger partial charge in [-0.25, -0.2) is 0 Å². The highest BCUT2D eigenvalue weighted by atomic mass is 32.2. The molecule has 1 fully saturated rings. The van der Waals surface area contributed by atoms with Crippen molar-refractivity contribution < 1.29 is 9.59 Å². The van der Waals surface area contributed by atoms with Gasteiger partial charge in [0.2, 0.25) is 11.8 Å². The van der Waals surface area contributed by atoms with E-state index in [0.29, 0.717) is 13.1 Å². The summed E-state index contributed by atoms with van der Waals surface area (Å²) >= 11 is 1.35. The van der Waals surface area contributed by atoms with E-state index in [1.54, 1.807) is 25.1 Å². The zero-order valence-corrected chi connectivity index (χ0v) is 13.6. The Balaban J connectivity index is 2.01. The number of carbonyl (C=O) groups is 2. The van der Waals surface area contributed by atoms with Crippen LogP contribution in [0, 0.1) is 0 Å². The van der Waals surface area contributed by atoms with Crippen molar-refractivity contribution in [3.05, 3.63) is 6.33 Å². The van der Waals surface area contributed by atoms with Crippen LogP contribution in [0.25, 0.3) is 0 Å². The molecule has 1 saturated heterocycles. The summed E-state index contributed by atoms with van der Waals surface area (Å²) in [5.74, 6) is 0.0814. The van der Waals surface area contributed by atoms with Crippen molar-refractivity contribution >= 4 is 23.6 Å². The minimum Gasteiger partial charge on any atom is -0.352 e. The monoisotopic (exact) mass is 311 g/mol. The first-order chi connectivity index (χ1) is 9.84. The molecule has 0 radical (unpaired) electrons. The van der Waals surface area contributed by atoms with Crippen LogP contribution in [0.4, 0.5) is 0 Å². The summed E-state index contributed by atoms with van der Waals surface area (Å²) in [6.45, 7) is 8.64. The third-order valence-corrected chi connectivity index (χ3v) is 4.52. The van der Waals surface area contributed by atoms with Gasteiger partial charge in [-0.1, -0.05) is 11.8 Å². The third-order valence-electron chi connectivity index (χ3n) is 3.57. The van der Waals surface area contributed by atoms with Crippen molar-refractivity contribution in [2.75, 3.05) is 18.8 Å². The van der Waals surface area contributed by atoms with E-state index >= 15 is 0 Å². The maximum absolute atomic E-state index is 12.4. The van der Waals surface area contributed by atoms with Gasteiger partial charge >= 0.3 is 0 Å². The van der Waals surface area contributed by atoms with Crippen molar-refractivity contribution in [2.45, 2.75) is 44.4 Å². The molecule has 8 heteroatoms. The summed E-state index contributed by atoms with van der Waals surface area (Å²) in [5.41, 5.74) is -0.804. The van der Waals surface area contributed by atoms with Crippen LogP contribution in [0.15, 0.2) is 11.5 Å². The number of piperazine rings is 1. The largest absolute Gasteiger partial charge is 0.352 e. The molecule has 0 spiro atoms. The summed E-state index contributed by atoms with van der Waals surface area (Å²) in [6, 6.07) is 0.245. The zero-order valence-electron chi connectivity index (χ0n) is 12.8. The fourth-order valence-corrected chi connectivity index (χ4v) is 3.15. The molecule has 0 atom stereocenters. The van der Waals surface area contributed by atoms with Crippen molar-refractivity contribution in [3.63, 3.8) is 0 Å². The topological polar surface area (TPSA) is 80.1 Å². The number of carbonyl (C=O) groups excluding carboxylic acids is 2. The second-order valence-electron chi connectivity index (χ2n) is 5.76. The normalized spacial score (nSPS) is 18.0. The number of hydrogen-bond acceptors (Lipinski definition) is 5. The van der Waals surface area contributed by atoms with Gasteiger partial charge in [0, 0.05) is 19.1 Å². The molecule has 1 aliphatic heterocycles. The molecular weight excluding hydrogens is 290 g/mol. The summed E-state index contributed by atoms with van der Waals surface area (Å²) in [5, 5.41) is 11.4. The molecule has 0 aromatic carbocycles. The van der Waals surface area contributed by atoms with Gasteiger partial charge in [-0.2, -0.15) is 0 Å². The maximum Gasteiger partial charge on any atom is 0.245 e. The van der Waals surface area contributed by atoms with Gasteiger partial charge in [-0.05, 0) is 27.7 Å². The lowest BCUT2D eigenvalue weighted by atomic mass is 9.99. The van der Waals surface area contributed by atoms with Gasteiger partial charge in [0.25, 0.3) is 0 Å². The smallest absolute Gasteiger partial charge is 0.245 e. The van der Waals surface area contributed by atoms with Gasteiger partial charge < -0.3 is 14.8 Å². The first kappa shape index (κ1) is 15.8. The predicted molar refractivity (Wildman–Crippen MR) is 79.9 cm³/mol. The quantitative estimate of drug-likeness (QED) is 0.828. The number of nitrogens with one attached hydrogen (secondary N) is 1. The van der Waals surface area contributed by atoms with Crippen LogP contribution < -0.4 is 5.32 Å². The molecule has 2 rings (SSSR count). The molecule has 1 aliphatic rings. The Labute approximate surface area is 128 Å². The first-order valence-corrected chi connectivity index (χ1v) is 7.93. The molecule has 7 nitrogen and oxygen atoms in total. The number of hydrogen-bond donors (Lipinski definition) is 1. The lowest BCUT2D eigenvalue weighted by molar-refractivity contribution is -0.147. The second kappa shape index (κ2) is 6.05. The Morgan fingerprint density at radius 2 is 2.24 bits per heavy atom. The van der Waals surface area contributed by atoms with E-state index in [4.69, 9.17) is 0 Å². The van der Waals surface area contributed by atoms with Crippen LogP contribution in [-0.2, 0) is 9.59 Å². The Hall–Kier alpha value is -1.57. The average Bonchev–Trinajstić information content (AvgIpc) is 2.87. The molecular formula is C13H21N5O2S. The van der Waals surface area contributed by atoms with Crippen LogP contribution >= 0.6 is 11.8 Å². The third kappa shape index (κ3) is 3.20. The molecule has 2 heterocycles. The highest BCUT2D eigenvalue weighted by Crippen LogP contribution is 2.22. The highest BCUT2D eigenvalue weighted by molar-refractivity contribution is 7.99. The van der Waals surface area contributed by atoms with Crippen LogP contribution in [-0.4, -0.2) is 55.9 Å². The minimum absolute atomic E-state index is 0.0573. The van der Waals surface area contributed by atoms with Gasteiger partial charge in [0.05, 0.1) is 5.75 Å². The number of rotatable bonds is 4. The molecule has 1 N–H and O–H groups in total. The summed E-state index contributed by atoms with van der Waals surface area (Å²) in [7, 11) is 0. The fraction of sp³-hybridized carbons (Fsp3) is 0.692. The van der Waals surface area contributed by atoms with Crippen LogP contribution in [0.2, 0.25) is 0 Å². The Morgan fingerprint density at radius 1 is 1.52 bits per heavy atom. The molecule has 0 aliphatic carbocycles. The molecule has 1 aromatic heterocycles. The Kier molecular flexibility index (Phi) is 4.55. The minimum atomic E-state index is -0.804. The molecule has 1 aromatic rings. The van der Waals surface area contributed by atoms with E-state index in [9.17, 15) is 9.59 Å². The van der Waals surface area contributed by atoms with Crippen LogP contribution in [0.5, 0.6) is 0 Å². The molecule has 2 amide bonds. The average molecular weight is 311 g/mol. The molecule has 0 bridgehead atoms. The number of thioether (sulfide) groups is 1. The summed E-state index contributed by atoms with van der Waals surface area (Å²) in [6.07, 6.45) is 1.66. The maximum atomic E-state index is 12.4. The summed E-state index contributed by atoms with van der Waals surface area (Å²) < 4.78 is 1.92. The number of nitrogens with zero attached hydrogens (tertiary/aromatic N) is 4. The van der Waals surface area contributed by atoms with Gasteiger partial charge in [0.1, 0.15) is 11.9 Å². The van der Waals surface area contributed by atoms with Crippen molar-refractivity contribution in [2.24, 2.45) is 0 Å². The lowest BCUT2D eigenvalue weighted by Gasteiger charge is -2.41. The van der Waals surface area contributed by atoms with E-state index < -0.39 is 5.54 Å². The molecule has 0 unspecified atom stereocenters. The van der Waals surface area contributed by atoms with E-state index in [-0.39, 0.29) is 23.6 Å². The van der Waals surface area contributed by atoms with E-state index in [0.717, 1.165) is 5.16 Å². The second-order valence-corrected chi connectivity index (χ2v) is 6.71. The number of aromatic nitrogens is 3. The van der Waals surface area contributed by atoms with E-state index in [1.807, 2.05) is 18.4 Å². The number of amides is 2. The standard InChI is InChI=1S/C13H21N5O2S/c1-9(2)17-8-15-16-12(17)21-7-10(19)18-6-5-14-11(20)13(18,3)4/h8-9H,5-7H2,1-4H3,(H,14,20). The predicted octanol–water partition coefficient (Wildman–Crippen LogP) is 0.688. The van der Waals surface area contributed by atoms with Crippen molar-refractivity contribution in [1.29, 1.82) is 0 Å². The van der Waals surface area contributed by atoms with Gasteiger partial charge in [-0.15, -0.1) is 10.2 Å². The highest BCUT2D eigenvalue weighted by Gasteiger charge is 2.40. The molecule has 21 heavy (non-hydrogen) atoms. The van der Waals surface area contributed by atoms with Crippen LogP contribution in [0.3, 0.4) is 0 Å². The summed E-state index contributed by atoms with van der Waals surface area (Å²) in [4.78, 5) is 25.9. The van der Waals surface area contributed by atoms with Gasteiger partial charge in [0.15, 0.2) is 5.16 Å². The van der Waals surface area contributed by atoms with E-state index in [2.05, 4.69) is 15.5 Å². The SMILES string of the molecule is CC(C)n1cnnc1SCC(=O)N1CCNC(=O)C1(C)C. The molecule has 116 valence electrons. The fourth-order valence-electron chi connectivity index (χ4n) is 2.23. The van der Waals surface area contributed by atoms with E-state index in [1.165, 1.54) is 11.8 Å². The van der Waals surface area contributed by atoms with Crippen LogP contribution in [0.1, 0.15) is 33.7 Å².